The lowest BCUT2D eigenvalue weighted by molar-refractivity contribution is 1.19. The fourth-order valence-electron chi connectivity index (χ4n) is 2.58. The van der Waals surface area contributed by atoms with Gasteiger partial charge in [-0.1, -0.05) is 91.0 Å². The molecule has 22 heavy (non-hydrogen) atoms. The molecule has 0 atom stereocenters. The van der Waals surface area contributed by atoms with Crippen molar-refractivity contribution in [3.63, 3.8) is 0 Å². The first-order chi connectivity index (χ1) is 10.7. The molecule has 0 aliphatic heterocycles. The summed E-state index contributed by atoms with van der Waals surface area (Å²) in [6, 6.07) is 27.8. The van der Waals surface area contributed by atoms with E-state index in [4.69, 9.17) is 0 Å². The number of benzene rings is 3. The first-order valence-electron chi connectivity index (χ1n) is 7.61. The van der Waals surface area contributed by atoms with Gasteiger partial charge >= 0.3 is 0 Å². The van der Waals surface area contributed by atoms with Gasteiger partial charge in [0.15, 0.2) is 0 Å². The molecule has 0 aromatic heterocycles. The van der Waals surface area contributed by atoms with Crippen molar-refractivity contribution in [1.82, 2.24) is 0 Å². The summed E-state index contributed by atoms with van der Waals surface area (Å²) in [5.41, 5.74) is 7.38. The lowest BCUT2D eigenvalue weighted by Gasteiger charge is -2.08. The molecule has 0 aliphatic rings. The van der Waals surface area contributed by atoms with E-state index in [2.05, 4.69) is 92.4 Å². The largest absolute Gasteiger partial charge is 0.0906 e. The van der Waals surface area contributed by atoms with Gasteiger partial charge in [-0.15, -0.1) is 0 Å². The summed E-state index contributed by atoms with van der Waals surface area (Å²) >= 11 is 0. The molecule has 0 amide bonds. The van der Waals surface area contributed by atoms with Gasteiger partial charge in [-0.3, -0.25) is 0 Å². The molecule has 0 aliphatic carbocycles. The summed E-state index contributed by atoms with van der Waals surface area (Å²) in [6.45, 7) is 6.34. The molecule has 0 radical (unpaired) electrons. The Bertz CT molecular complexity index is 747. The summed E-state index contributed by atoms with van der Waals surface area (Å²) in [5.74, 6) is 0. The Kier molecular flexibility index (Phi) is 4.20. The van der Waals surface area contributed by atoms with Crippen LogP contribution in [0.3, 0.4) is 0 Å². The maximum absolute atomic E-state index is 4.24. The average Bonchev–Trinajstić information content (AvgIpc) is 2.57. The van der Waals surface area contributed by atoms with Crippen molar-refractivity contribution in [2.45, 2.75) is 13.3 Å². The molecule has 3 rings (SSSR count). The average molecular weight is 284 g/mol. The summed E-state index contributed by atoms with van der Waals surface area (Å²) < 4.78 is 0. The third kappa shape index (κ3) is 3.35. The molecule has 0 fully saturated rings. The molecule has 0 saturated heterocycles. The molecular weight excluding hydrogens is 264 g/mol. The summed E-state index contributed by atoms with van der Waals surface area (Å²) in [6.07, 6.45) is 0.970. The number of hydrogen-bond acceptors (Lipinski definition) is 0. The molecule has 0 N–H and O–H groups in total. The highest BCUT2D eigenvalue weighted by Crippen LogP contribution is 2.22. The number of aryl methyl sites for hydroxylation is 1. The maximum Gasteiger partial charge on any atom is -0.00258 e. The van der Waals surface area contributed by atoms with Crippen LogP contribution in [0.1, 0.15) is 27.8 Å². The zero-order valence-electron chi connectivity index (χ0n) is 12.9. The Labute approximate surface area is 132 Å². The van der Waals surface area contributed by atoms with E-state index in [1.165, 1.54) is 27.8 Å². The molecule has 0 nitrogen and oxygen atoms in total. The van der Waals surface area contributed by atoms with E-state index >= 15 is 0 Å². The third-order valence-corrected chi connectivity index (χ3v) is 3.95. The molecule has 0 heterocycles. The van der Waals surface area contributed by atoms with Crippen LogP contribution in [0.15, 0.2) is 85.4 Å². The van der Waals surface area contributed by atoms with E-state index in [1.54, 1.807) is 0 Å². The predicted octanol–water partition coefficient (Wildman–Crippen LogP) is 5.65. The highest BCUT2D eigenvalue weighted by atomic mass is 14.1. The summed E-state index contributed by atoms with van der Waals surface area (Å²) in [4.78, 5) is 0. The van der Waals surface area contributed by atoms with Crippen molar-refractivity contribution in [1.29, 1.82) is 0 Å². The molecule has 3 aromatic carbocycles. The van der Waals surface area contributed by atoms with Crippen LogP contribution in [0.2, 0.25) is 0 Å². The second kappa shape index (κ2) is 6.44. The Balaban J connectivity index is 1.76. The quantitative estimate of drug-likeness (QED) is 0.581. The van der Waals surface area contributed by atoms with E-state index in [1.807, 2.05) is 0 Å². The second-order valence-electron chi connectivity index (χ2n) is 5.70. The second-order valence-corrected chi connectivity index (χ2v) is 5.70. The zero-order chi connectivity index (χ0) is 15.4. The zero-order valence-corrected chi connectivity index (χ0v) is 12.9. The predicted molar refractivity (Wildman–Crippen MR) is 95.0 cm³/mol. The minimum absolute atomic E-state index is 0.970. The highest BCUT2D eigenvalue weighted by Gasteiger charge is 2.03. The SMILES string of the molecule is C=C(c1ccc(C)cc1)c1ccc(Cc2ccccc2)cc1. The summed E-state index contributed by atoms with van der Waals surface area (Å²) in [5, 5.41) is 0. The molecule has 0 heteroatoms. The first-order valence-corrected chi connectivity index (χ1v) is 7.61. The van der Waals surface area contributed by atoms with Gasteiger partial charge in [0.1, 0.15) is 0 Å². The van der Waals surface area contributed by atoms with Crippen LogP contribution < -0.4 is 0 Å². The van der Waals surface area contributed by atoms with Crippen LogP contribution in [0.5, 0.6) is 0 Å². The van der Waals surface area contributed by atoms with Gasteiger partial charge in [0.05, 0.1) is 0 Å². The third-order valence-electron chi connectivity index (χ3n) is 3.95. The van der Waals surface area contributed by atoms with E-state index < -0.39 is 0 Å². The van der Waals surface area contributed by atoms with Gasteiger partial charge in [-0.2, -0.15) is 0 Å². The fraction of sp³-hybridized carbons (Fsp3) is 0.0909. The van der Waals surface area contributed by atoms with E-state index in [0.717, 1.165) is 12.0 Å². The van der Waals surface area contributed by atoms with Crippen molar-refractivity contribution in [2.75, 3.05) is 0 Å². The van der Waals surface area contributed by atoms with Crippen molar-refractivity contribution in [2.24, 2.45) is 0 Å². The summed E-state index contributed by atoms with van der Waals surface area (Å²) in [7, 11) is 0. The Morgan fingerprint density at radius 1 is 0.682 bits per heavy atom. The van der Waals surface area contributed by atoms with Crippen molar-refractivity contribution < 1.29 is 0 Å². The molecule has 0 spiro atoms. The maximum atomic E-state index is 4.24. The van der Waals surface area contributed by atoms with Crippen molar-refractivity contribution in [3.8, 4) is 0 Å². The molecule has 0 saturated carbocycles. The van der Waals surface area contributed by atoms with Crippen LogP contribution in [0.25, 0.3) is 5.57 Å². The van der Waals surface area contributed by atoms with Crippen molar-refractivity contribution >= 4 is 5.57 Å². The molecule has 0 unspecified atom stereocenters. The van der Waals surface area contributed by atoms with Gasteiger partial charge in [0, 0.05) is 0 Å². The van der Waals surface area contributed by atoms with Crippen LogP contribution in [-0.2, 0) is 6.42 Å². The lowest BCUT2D eigenvalue weighted by atomic mass is 9.96. The molecule has 108 valence electrons. The Hall–Kier alpha value is -2.60. The highest BCUT2D eigenvalue weighted by molar-refractivity contribution is 5.78. The number of hydrogen-bond donors (Lipinski definition) is 0. The fourth-order valence-corrected chi connectivity index (χ4v) is 2.58. The van der Waals surface area contributed by atoms with E-state index in [0.29, 0.717) is 0 Å². The first kappa shape index (κ1) is 14.3. The Morgan fingerprint density at radius 2 is 1.18 bits per heavy atom. The van der Waals surface area contributed by atoms with Crippen molar-refractivity contribution in [3.05, 3.63) is 113 Å². The monoisotopic (exact) mass is 284 g/mol. The van der Waals surface area contributed by atoms with E-state index in [9.17, 15) is 0 Å². The molecule has 3 aromatic rings. The standard InChI is InChI=1S/C22H20/c1-17-8-12-21(13-9-17)18(2)22-14-10-20(11-15-22)16-19-6-4-3-5-7-19/h3-15H,2,16H2,1H3. The topological polar surface area (TPSA) is 0 Å². The smallest absolute Gasteiger partial charge is 0.00258 e. The van der Waals surface area contributed by atoms with Gasteiger partial charge in [0.25, 0.3) is 0 Å². The van der Waals surface area contributed by atoms with Gasteiger partial charge in [0.2, 0.25) is 0 Å². The van der Waals surface area contributed by atoms with Crippen LogP contribution in [0, 0.1) is 6.92 Å². The van der Waals surface area contributed by atoms with Gasteiger partial charge < -0.3 is 0 Å². The number of rotatable bonds is 4. The van der Waals surface area contributed by atoms with Gasteiger partial charge in [-0.05, 0) is 41.2 Å². The van der Waals surface area contributed by atoms with Gasteiger partial charge in [-0.25, -0.2) is 0 Å². The molecule has 0 bridgehead atoms. The van der Waals surface area contributed by atoms with Crippen LogP contribution >= 0.6 is 0 Å². The Morgan fingerprint density at radius 3 is 1.77 bits per heavy atom. The lowest BCUT2D eigenvalue weighted by Crippen LogP contribution is -1.90. The van der Waals surface area contributed by atoms with E-state index in [-0.39, 0.29) is 0 Å². The minimum Gasteiger partial charge on any atom is -0.0906 e. The normalized spacial score (nSPS) is 10.4. The minimum atomic E-state index is 0.970. The van der Waals surface area contributed by atoms with Crippen LogP contribution in [0.4, 0.5) is 0 Å². The van der Waals surface area contributed by atoms with Crippen LogP contribution in [-0.4, -0.2) is 0 Å². The molecular formula is C22H20.